The third-order valence-corrected chi connectivity index (χ3v) is 5.49. The molecule has 7 heteroatoms. The molecule has 0 spiro atoms. The van der Waals surface area contributed by atoms with E-state index in [0.29, 0.717) is 39.7 Å². The lowest BCUT2D eigenvalue weighted by molar-refractivity contribution is -0.117. The summed E-state index contributed by atoms with van der Waals surface area (Å²) in [4.78, 5) is 12.5. The highest BCUT2D eigenvalue weighted by Crippen LogP contribution is 2.35. The molecule has 3 rings (SSSR count). The topological polar surface area (TPSA) is 71.3 Å². The lowest BCUT2D eigenvalue weighted by atomic mass is 10.1. The summed E-state index contributed by atoms with van der Waals surface area (Å²) in [6.07, 6.45) is 1.51. The summed E-state index contributed by atoms with van der Waals surface area (Å²) in [5.41, 5.74) is 2.51. The van der Waals surface area contributed by atoms with Crippen LogP contribution in [0.15, 0.2) is 76.8 Å². The van der Waals surface area contributed by atoms with Crippen molar-refractivity contribution in [1.82, 2.24) is 5.32 Å². The molecule has 5 nitrogen and oxygen atoms in total. The molecule has 0 aromatic heterocycles. The minimum Gasteiger partial charge on any atom is -0.493 e. The highest BCUT2D eigenvalue weighted by Gasteiger charge is 2.14. The molecule has 0 aliphatic rings. The van der Waals surface area contributed by atoms with E-state index in [1.54, 1.807) is 24.3 Å². The lowest BCUT2D eigenvalue weighted by Crippen LogP contribution is -2.23. The molecule has 0 fully saturated rings. The van der Waals surface area contributed by atoms with Crippen LogP contribution in [0.25, 0.3) is 6.08 Å². The van der Waals surface area contributed by atoms with E-state index in [1.807, 2.05) is 48.5 Å². The molecular formula is C25H20BrClN2O3. The van der Waals surface area contributed by atoms with E-state index in [1.165, 1.54) is 13.2 Å². The monoisotopic (exact) mass is 510 g/mol. The van der Waals surface area contributed by atoms with Crippen molar-refractivity contribution in [2.75, 3.05) is 7.11 Å². The van der Waals surface area contributed by atoms with Gasteiger partial charge in [-0.3, -0.25) is 4.79 Å². The van der Waals surface area contributed by atoms with Gasteiger partial charge in [-0.1, -0.05) is 70.0 Å². The predicted molar refractivity (Wildman–Crippen MR) is 128 cm³/mol. The van der Waals surface area contributed by atoms with Gasteiger partial charge in [0.05, 0.1) is 7.11 Å². The van der Waals surface area contributed by atoms with Crippen molar-refractivity contribution in [3.05, 3.63) is 98.5 Å². The zero-order valence-corrected chi connectivity index (χ0v) is 19.6. The largest absolute Gasteiger partial charge is 0.493 e. The predicted octanol–water partition coefficient (Wildman–Crippen LogP) is 5.91. The molecule has 3 aromatic rings. The number of ether oxygens (including phenoxy) is 2. The summed E-state index contributed by atoms with van der Waals surface area (Å²) in [6.45, 7) is 0.668. The molecule has 3 aromatic carbocycles. The Balaban J connectivity index is 1.75. The van der Waals surface area contributed by atoms with Gasteiger partial charge in [-0.2, -0.15) is 5.26 Å². The van der Waals surface area contributed by atoms with Gasteiger partial charge in [0.2, 0.25) is 0 Å². The molecule has 0 bridgehead atoms. The number of hydrogen-bond donors (Lipinski definition) is 1. The maximum atomic E-state index is 12.5. The molecule has 1 N–H and O–H groups in total. The summed E-state index contributed by atoms with van der Waals surface area (Å²) in [7, 11) is 1.53. The van der Waals surface area contributed by atoms with Crippen molar-refractivity contribution in [3.8, 4) is 17.6 Å². The third kappa shape index (κ3) is 6.36. The molecule has 0 saturated heterocycles. The van der Waals surface area contributed by atoms with E-state index in [-0.39, 0.29) is 5.57 Å². The number of methoxy groups -OCH3 is 1. The van der Waals surface area contributed by atoms with E-state index in [9.17, 15) is 10.1 Å². The number of nitrogens with zero attached hydrogens (tertiary/aromatic N) is 1. The van der Waals surface area contributed by atoms with E-state index < -0.39 is 5.91 Å². The average Bonchev–Trinajstić information content (AvgIpc) is 2.82. The fraction of sp³-hybridized carbons (Fsp3) is 0.120. The van der Waals surface area contributed by atoms with Crippen LogP contribution in [-0.4, -0.2) is 13.0 Å². The number of rotatable bonds is 8. The highest BCUT2D eigenvalue weighted by molar-refractivity contribution is 9.10. The maximum absolute atomic E-state index is 12.5. The van der Waals surface area contributed by atoms with Gasteiger partial charge in [-0.05, 0) is 47.0 Å². The molecule has 0 atom stereocenters. The quantitative estimate of drug-likeness (QED) is 0.301. The fourth-order valence-corrected chi connectivity index (χ4v) is 3.42. The van der Waals surface area contributed by atoms with Gasteiger partial charge < -0.3 is 14.8 Å². The van der Waals surface area contributed by atoms with Crippen LogP contribution in [0, 0.1) is 11.3 Å². The molecule has 0 aliphatic carbocycles. The SMILES string of the molecule is COc1cc(/C=C(/C#N)C(=O)NCc2ccccc2)c(Br)cc1OCc1ccc(Cl)cc1. The standard InChI is InChI=1S/C25H20BrClN2O3/c1-31-23-12-19(11-20(14-28)25(30)29-15-17-5-3-2-4-6-17)22(26)13-24(23)32-16-18-7-9-21(27)10-8-18/h2-13H,15-16H2,1H3,(H,29,30)/b20-11-. The number of carbonyl (C=O) groups is 1. The summed E-state index contributed by atoms with van der Waals surface area (Å²) in [6, 6.07) is 22.3. The zero-order valence-electron chi connectivity index (χ0n) is 17.3. The molecule has 162 valence electrons. The smallest absolute Gasteiger partial charge is 0.262 e. The van der Waals surface area contributed by atoms with Crippen molar-refractivity contribution >= 4 is 39.5 Å². The third-order valence-electron chi connectivity index (χ3n) is 4.55. The van der Waals surface area contributed by atoms with Crippen molar-refractivity contribution in [2.45, 2.75) is 13.2 Å². The first-order valence-electron chi connectivity index (χ1n) is 9.69. The van der Waals surface area contributed by atoms with Crippen molar-refractivity contribution in [2.24, 2.45) is 0 Å². The Morgan fingerprint density at radius 2 is 1.81 bits per heavy atom. The molecule has 1 amide bonds. The number of nitrogens with one attached hydrogen (secondary N) is 1. The van der Waals surface area contributed by atoms with Crippen LogP contribution in [0.2, 0.25) is 5.02 Å². The number of amides is 1. The molecule has 0 radical (unpaired) electrons. The van der Waals surface area contributed by atoms with Crippen molar-refractivity contribution in [1.29, 1.82) is 5.26 Å². The van der Waals surface area contributed by atoms with Gasteiger partial charge in [-0.15, -0.1) is 0 Å². The second-order valence-electron chi connectivity index (χ2n) is 6.78. The Morgan fingerprint density at radius 3 is 2.47 bits per heavy atom. The van der Waals surface area contributed by atoms with Crippen LogP contribution in [0.1, 0.15) is 16.7 Å². The summed E-state index contributed by atoms with van der Waals surface area (Å²) in [5.74, 6) is 0.555. The Labute approximate surface area is 200 Å². The van der Waals surface area contributed by atoms with Crippen LogP contribution < -0.4 is 14.8 Å². The van der Waals surface area contributed by atoms with E-state index in [0.717, 1.165) is 11.1 Å². The van der Waals surface area contributed by atoms with Crippen LogP contribution in [0.4, 0.5) is 0 Å². The Kier molecular flexibility index (Phi) is 8.32. The minimum absolute atomic E-state index is 0.0153. The molecule has 0 saturated carbocycles. The lowest BCUT2D eigenvalue weighted by Gasteiger charge is -2.13. The van der Waals surface area contributed by atoms with Crippen LogP contribution in [0.3, 0.4) is 0 Å². The first-order valence-corrected chi connectivity index (χ1v) is 10.9. The van der Waals surface area contributed by atoms with Gasteiger partial charge in [0.1, 0.15) is 18.2 Å². The normalized spacial score (nSPS) is 10.9. The van der Waals surface area contributed by atoms with E-state index in [2.05, 4.69) is 21.2 Å². The molecule has 0 aliphatic heterocycles. The molecule has 0 heterocycles. The molecule has 32 heavy (non-hydrogen) atoms. The van der Waals surface area contributed by atoms with Gasteiger partial charge in [0, 0.05) is 16.0 Å². The Bertz CT molecular complexity index is 1160. The average molecular weight is 512 g/mol. The number of hydrogen-bond acceptors (Lipinski definition) is 4. The van der Waals surface area contributed by atoms with Crippen LogP contribution in [0.5, 0.6) is 11.5 Å². The second-order valence-corrected chi connectivity index (χ2v) is 8.07. The first-order chi connectivity index (χ1) is 15.5. The highest BCUT2D eigenvalue weighted by atomic mass is 79.9. The van der Waals surface area contributed by atoms with Crippen molar-refractivity contribution in [3.63, 3.8) is 0 Å². The van der Waals surface area contributed by atoms with Crippen molar-refractivity contribution < 1.29 is 14.3 Å². The summed E-state index contributed by atoms with van der Waals surface area (Å²) >= 11 is 9.41. The second kappa shape index (κ2) is 11.4. The summed E-state index contributed by atoms with van der Waals surface area (Å²) < 4.78 is 12.0. The number of carbonyl (C=O) groups excluding carboxylic acids is 1. The van der Waals surface area contributed by atoms with Gasteiger partial charge >= 0.3 is 0 Å². The minimum atomic E-state index is -0.453. The maximum Gasteiger partial charge on any atom is 0.262 e. The van der Waals surface area contributed by atoms with Gasteiger partial charge in [0.15, 0.2) is 11.5 Å². The zero-order chi connectivity index (χ0) is 22.9. The Morgan fingerprint density at radius 1 is 1.09 bits per heavy atom. The Hall–Kier alpha value is -3.27. The molecule has 0 unspecified atom stereocenters. The fourth-order valence-electron chi connectivity index (χ4n) is 2.85. The molecular weight excluding hydrogens is 492 g/mol. The van der Waals surface area contributed by atoms with Crippen LogP contribution in [-0.2, 0) is 17.9 Å². The van der Waals surface area contributed by atoms with Gasteiger partial charge in [0.25, 0.3) is 5.91 Å². The first kappa shape index (κ1) is 23.4. The van der Waals surface area contributed by atoms with E-state index in [4.69, 9.17) is 21.1 Å². The number of nitriles is 1. The van der Waals surface area contributed by atoms with Gasteiger partial charge in [-0.25, -0.2) is 0 Å². The number of benzene rings is 3. The van der Waals surface area contributed by atoms with Crippen LogP contribution >= 0.6 is 27.5 Å². The summed E-state index contributed by atoms with van der Waals surface area (Å²) in [5, 5.41) is 12.9. The van der Waals surface area contributed by atoms with E-state index >= 15 is 0 Å². The number of halogens is 2.